The van der Waals surface area contributed by atoms with E-state index in [4.69, 9.17) is 0 Å². The molecule has 0 saturated heterocycles. The van der Waals surface area contributed by atoms with Crippen LogP contribution in [0.5, 0.6) is 0 Å². The van der Waals surface area contributed by atoms with Gasteiger partial charge in [0.25, 0.3) is 5.91 Å². The third-order valence-corrected chi connectivity index (χ3v) is 4.21. The Morgan fingerprint density at radius 1 is 1.24 bits per heavy atom. The molecule has 1 N–H and O–H groups in total. The molecule has 0 bridgehead atoms. The van der Waals surface area contributed by atoms with E-state index >= 15 is 0 Å². The van der Waals surface area contributed by atoms with E-state index in [0.29, 0.717) is 23.1 Å². The minimum atomic E-state index is -0.414. The van der Waals surface area contributed by atoms with Crippen molar-refractivity contribution in [1.29, 1.82) is 0 Å². The second-order valence-corrected chi connectivity index (χ2v) is 5.74. The molecule has 1 aliphatic heterocycles. The van der Waals surface area contributed by atoms with Crippen LogP contribution >= 0.6 is 15.9 Å². The number of fused-ring (bicyclic) bond motifs is 1. The van der Waals surface area contributed by atoms with Gasteiger partial charge in [-0.05, 0) is 45.8 Å². The van der Waals surface area contributed by atoms with Gasteiger partial charge in [-0.15, -0.1) is 0 Å². The number of carbonyl (C=O) groups is 1. The van der Waals surface area contributed by atoms with E-state index in [1.54, 1.807) is 11.0 Å². The zero-order chi connectivity index (χ0) is 14.8. The van der Waals surface area contributed by atoms with Crippen molar-refractivity contribution in [3.05, 3.63) is 63.9 Å². The molecule has 1 aliphatic rings. The lowest BCUT2D eigenvalue weighted by Gasteiger charge is -2.23. The van der Waals surface area contributed by atoms with Crippen LogP contribution < -0.4 is 10.2 Å². The van der Waals surface area contributed by atoms with E-state index in [2.05, 4.69) is 21.2 Å². The van der Waals surface area contributed by atoms with Gasteiger partial charge < -0.3 is 10.2 Å². The predicted molar refractivity (Wildman–Crippen MR) is 83.9 cm³/mol. The van der Waals surface area contributed by atoms with Gasteiger partial charge in [0.15, 0.2) is 0 Å². The van der Waals surface area contributed by atoms with E-state index in [0.717, 1.165) is 17.8 Å². The SMILES string of the molecule is O=C(c1cc(F)ccc1Br)N1CCNCc2ccccc21. The molecule has 108 valence electrons. The predicted octanol–water partition coefficient (Wildman–Crippen LogP) is 3.34. The number of rotatable bonds is 1. The second kappa shape index (κ2) is 5.95. The Bertz CT molecular complexity index is 690. The molecule has 5 heteroatoms. The van der Waals surface area contributed by atoms with Crippen LogP contribution in [0, 0.1) is 5.82 Å². The number of benzene rings is 2. The fourth-order valence-electron chi connectivity index (χ4n) is 2.48. The summed E-state index contributed by atoms with van der Waals surface area (Å²) in [6.07, 6.45) is 0. The summed E-state index contributed by atoms with van der Waals surface area (Å²) in [7, 11) is 0. The average Bonchev–Trinajstić information content (AvgIpc) is 2.71. The largest absolute Gasteiger partial charge is 0.311 e. The molecule has 0 aromatic heterocycles. The van der Waals surface area contributed by atoms with Crippen LogP contribution in [0.2, 0.25) is 0 Å². The fraction of sp³-hybridized carbons (Fsp3) is 0.188. The van der Waals surface area contributed by atoms with Crippen LogP contribution in [0.15, 0.2) is 46.9 Å². The highest BCUT2D eigenvalue weighted by Gasteiger charge is 2.23. The summed E-state index contributed by atoms with van der Waals surface area (Å²) in [5.74, 6) is -0.611. The Balaban J connectivity index is 2.03. The summed E-state index contributed by atoms with van der Waals surface area (Å²) < 4.78 is 14.0. The van der Waals surface area contributed by atoms with E-state index < -0.39 is 5.82 Å². The van der Waals surface area contributed by atoms with Gasteiger partial charge in [-0.1, -0.05) is 18.2 Å². The monoisotopic (exact) mass is 348 g/mol. The zero-order valence-electron chi connectivity index (χ0n) is 11.3. The van der Waals surface area contributed by atoms with Crippen LogP contribution in [0.25, 0.3) is 0 Å². The fourth-order valence-corrected chi connectivity index (χ4v) is 2.89. The van der Waals surface area contributed by atoms with Crippen LogP contribution in [0.1, 0.15) is 15.9 Å². The lowest BCUT2D eigenvalue weighted by atomic mass is 10.1. The van der Waals surface area contributed by atoms with Crippen molar-refractivity contribution < 1.29 is 9.18 Å². The molecule has 0 spiro atoms. The molecule has 1 amide bonds. The van der Waals surface area contributed by atoms with Gasteiger partial charge in [0.1, 0.15) is 5.82 Å². The van der Waals surface area contributed by atoms with E-state index in [9.17, 15) is 9.18 Å². The molecule has 0 saturated carbocycles. The first-order chi connectivity index (χ1) is 10.2. The molecule has 0 fully saturated rings. The highest BCUT2D eigenvalue weighted by atomic mass is 79.9. The highest BCUT2D eigenvalue weighted by Crippen LogP contribution is 2.26. The topological polar surface area (TPSA) is 32.3 Å². The summed E-state index contributed by atoms with van der Waals surface area (Å²) in [4.78, 5) is 14.5. The van der Waals surface area contributed by atoms with E-state index in [1.165, 1.54) is 12.1 Å². The molecular weight excluding hydrogens is 335 g/mol. The number of hydrogen-bond acceptors (Lipinski definition) is 2. The van der Waals surface area contributed by atoms with Crippen molar-refractivity contribution in [2.75, 3.05) is 18.0 Å². The number of hydrogen-bond donors (Lipinski definition) is 1. The number of nitrogens with zero attached hydrogens (tertiary/aromatic N) is 1. The molecular formula is C16H14BrFN2O. The Hall–Kier alpha value is -1.72. The van der Waals surface area contributed by atoms with Gasteiger partial charge >= 0.3 is 0 Å². The minimum absolute atomic E-state index is 0.197. The van der Waals surface area contributed by atoms with Gasteiger partial charge in [0.2, 0.25) is 0 Å². The van der Waals surface area contributed by atoms with Crippen LogP contribution in [0.3, 0.4) is 0 Å². The van der Waals surface area contributed by atoms with Crippen molar-refractivity contribution in [3.8, 4) is 0 Å². The number of carbonyl (C=O) groups excluding carboxylic acids is 1. The molecule has 0 unspecified atom stereocenters. The van der Waals surface area contributed by atoms with Crippen LogP contribution in [-0.4, -0.2) is 19.0 Å². The molecule has 2 aromatic rings. The van der Waals surface area contributed by atoms with Gasteiger partial charge in [-0.2, -0.15) is 0 Å². The van der Waals surface area contributed by atoms with E-state index in [-0.39, 0.29) is 5.91 Å². The van der Waals surface area contributed by atoms with Crippen molar-refractivity contribution in [1.82, 2.24) is 5.32 Å². The first kappa shape index (κ1) is 14.2. The molecule has 0 atom stereocenters. The summed E-state index contributed by atoms with van der Waals surface area (Å²) in [5, 5.41) is 3.29. The molecule has 1 heterocycles. The van der Waals surface area contributed by atoms with Crippen molar-refractivity contribution in [2.45, 2.75) is 6.54 Å². The summed E-state index contributed by atoms with van der Waals surface area (Å²) in [5.41, 5.74) is 2.28. The number of halogens is 2. The lowest BCUT2D eigenvalue weighted by Crippen LogP contribution is -2.35. The summed E-state index contributed by atoms with van der Waals surface area (Å²) in [6, 6.07) is 11.9. The molecule has 21 heavy (non-hydrogen) atoms. The molecule has 3 nitrogen and oxygen atoms in total. The Morgan fingerprint density at radius 2 is 2.05 bits per heavy atom. The molecule has 2 aromatic carbocycles. The van der Waals surface area contributed by atoms with Crippen molar-refractivity contribution >= 4 is 27.5 Å². The van der Waals surface area contributed by atoms with Gasteiger partial charge in [-0.25, -0.2) is 4.39 Å². The van der Waals surface area contributed by atoms with Gasteiger partial charge in [-0.3, -0.25) is 4.79 Å². The first-order valence-corrected chi connectivity index (χ1v) is 7.51. The number of nitrogens with one attached hydrogen (secondary N) is 1. The molecule has 3 rings (SSSR count). The van der Waals surface area contributed by atoms with Crippen molar-refractivity contribution in [3.63, 3.8) is 0 Å². The third kappa shape index (κ3) is 2.84. The van der Waals surface area contributed by atoms with Gasteiger partial charge in [0, 0.05) is 29.8 Å². The first-order valence-electron chi connectivity index (χ1n) is 6.72. The zero-order valence-corrected chi connectivity index (χ0v) is 12.9. The average molecular weight is 349 g/mol. The maximum Gasteiger partial charge on any atom is 0.259 e. The van der Waals surface area contributed by atoms with Crippen LogP contribution in [-0.2, 0) is 6.54 Å². The highest BCUT2D eigenvalue weighted by molar-refractivity contribution is 9.10. The quantitative estimate of drug-likeness (QED) is 0.857. The lowest BCUT2D eigenvalue weighted by molar-refractivity contribution is 0.0986. The van der Waals surface area contributed by atoms with E-state index in [1.807, 2.05) is 24.3 Å². The Kier molecular flexibility index (Phi) is 4.03. The third-order valence-electron chi connectivity index (χ3n) is 3.51. The number of anilines is 1. The minimum Gasteiger partial charge on any atom is -0.311 e. The van der Waals surface area contributed by atoms with Crippen LogP contribution in [0.4, 0.5) is 10.1 Å². The Labute approximate surface area is 130 Å². The number of para-hydroxylation sites is 1. The maximum absolute atomic E-state index is 13.4. The Morgan fingerprint density at radius 3 is 2.90 bits per heavy atom. The maximum atomic E-state index is 13.4. The van der Waals surface area contributed by atoms with Gasteiger partial charge in [0.05, 0.1) is 5.56 Å². The van der Waals surface area contributed by atoms with Crippen molar-refractivity contribution in [2.24, 2.45) is 0 Å². The summed E-state index contributed by atoms with van der Waals surface area (Å²) >= 11 is 3.33. The smallest absolute Gasteiger partial charge is 0.259 e. The second-order valence-electron chi connectivity index (χ2n) is 4.89. The summed E-state index contributed by atoms with van der Waals surface area (Å²) in [6.45, 7) is 1.98. The number of amides is 1. The normalized spacial score (nSPS) is 14.5. The molecule has 0 radical (unpaired) electrons. The molecule has 0 aliphatic carbocycles. The standard InChI is InChI=1S/C16H14BrFN2O/c17-14-6-5-12(18)9-13(14)16(21)20-8-7-19-10-11-3-1-2-4-15(11)20/h1-6,9,19H,7-8,10H2.